The molecule has 32 heavy (non-hydrogen) atoms. The van der Waals surface area contributed by atoms with E-state index in [4.69, 9.17) is 0 Å². The molecule has 2 aliphatic heterocycles. The Hall–Kier alpha value is -2.97. The molecule has 2 aromatic rings. The van der Waals surface area contributed by atoms with Crippen molar-refractivity contribution in [3.05, 3.63) is 65.6 Å². The fourth-order valence-corrected chi connectivity index (χ4v) is 5.36. The molecular weight excluding hydrogens is 426 g/mol. The average molecular weight is 454 g/mol. The van der Waals surface area contributed by atoms with Crippen molar-refractivity contribution in [3.8, 4) is 0 Å². The highest BCUT2D eigenvalue weighted by molar-refractivity contribution is 7.92. The maximum absolute atomic E-state index is 12.9. The first-order valence-electron chi connectivity index (χ1n) is 10.9. The highest BCUT2D eigenvalue weighted by atomic mass is 32.2. The van der Waals surface area contributed by atoms with Crippen molar-refractivity contribution in [2.24, 2.45) is 5.92 Å². The number of rotatable bonds is 6. The van der Waals surface area contributed by atoms with Gasteiger partial charge in [0.1, 0.15) is 0 Å². The van der Waals surface area contributed by atoms with Crippen LogP contribution in [0.4, 0.5) is 11.4 Å². The number of carbonyl (C=O) groups excluding carboxylic acids is 2. The van der Waals surface area contributed by atoms with E-state index >= 15 is 0 Å². The zero-order chi connectivity index (χ0) is 22.6. The van der Waals surface area contributed by atoms with E-state index in [-0.39, 0.29) is 17.7 Å². The first-order valence-corrected chi connectivity index (χ1v) is 12.4. The number of sulfonamides is 1. The first kappa shape index (κ1) is 22.2. The number of para-hydroxylation sites is 2. The van der Waals surface area contributed by atoms with E-state index in [0.29, 0.717) is 44.6 Å². The summed E-state index contributed by atoms with van der Waals surface area (Å²) in [5, 5.41) is 4.19. The highest BCUT2D eigenvalue weighted by Crippen LogP contribution is 2.30. The third-order valence-corrected chi connectivity index (χ3v) is 7.51. The van der Waals surface area contributed by atoms with Crippen LogP contribution < -0.4 is 10.2 Å². The van der Waals surface area contributed by atoms with Crippen molar-refractivity contribution in [1.82, 2.24) is 4.31 Å². The first-order chi connectivity index (χ1) is 15.4. The van der Waals surface area contributed by atoms with Gasteiger partial charge in [-0.1, -0.05) is 42.5 Å². The van der Waals surface area contributed by atoms with E-state index in [1.165, 1.54) is 9.71 Å². The van der Waals surface area contributed by atoms with Gasteiger partial charge in [-0.05, 0) is 43.0 Å². The molecule has 168 valence electrons. The summed E-state index contributed by atoms with van der Waals surface area (Å²) in [6.07, 6.45) is 3.83. The van der Waals surface area contributed by atoms with Crippen LogP contribution in [0.25, 0.3) is 6.08 Å². The van der Waals surface area contributed by atoms with Crippen LogP contribution >= 0.6 is 0 Å². The number of carbonyl (C=O) groups is 2. The molecule has 2 aliphatic rings. The molecule has 7 nitrogen and oxygen atoms in total. The molecule has 0 spiro atoms. The van der Waals surface area contributed by atoms with Crippen LogP contribution in [0.3, 0.4) is 0 Å². The fraction of sp³-hybridized carbons (Fsp3) is 0.333. The largest absolute Gasteiger partial charge is 0.324 e. The topological polar surface area (TPSA) is 86.8 Å². The van der Waals surface area contributed by atoms with Gasteiger partial charge in [-0.3, -0.25) is 9.59 Å². The van der Waals surface area contributed by atoms with Crippen LogP contribution in [0.1, 0.15) is 31.2 Å². The van der Waals surface area contributed by atoms with E-state index in [9.17, 15) is 18.0 Å². The molecule has 0 saturated carbocycles. The Morgan fingerprint density at radius 1 is 0.969 bits per heavy atom. The molecule has 0 aliphatic carbocycles. The van der Waals surface area contributed by atoms with Gasteiger partial charge in [-0.2, -0.15) is 4.31 Å². The van der Waals surface area contributed by atoms with Gasteiger partial charge in [-0.25, -0.2) is 8.42 Å². The standard InChI is InChI=1S/C24H27N3O4S/c28-23-11-6-15-27(23)22-10-5-4-9-21(22)25-24(29)20-12-16-26(17-13-20)32(30,31)18-14-19-7-2-1-3-8-19/h1-5,7-10,14,18,20H,6,11-13,15-17H2,(H,25,29). The van der Waals surface area contributed by atoms with E-state index in [1.54, 1.807) is 17.0 Å². The molecule has 8 heteroatoms. The predicted molar refractivity (Wildman–Crippen MR) is 125 cm³/mol. The van der Waals surface area contributed by atoms with E-state index in [2.05, 4.69) is 5.32 Å². The Bertz CT molecular complexity index is 1110. The summed E-state index contributed by atoms with van der Waals surface area (Å²) >= 11 is 0. The molecule has 2 fully saturated rings. The Kier molecular flexibility index (Phi) is 6.72. The number of nitrogens with one attached hydrogen (secondary N) is 1. The van der Waals surface area contributed by atoms with Gasteiger partial charge >= 0.3 is 0 Å². The molecule has 0 aromatic heterocycles. The average Bonchev–Trinajstić information content (AvgIpc) is 3.24. The summed E-state index contributed by atoms with van der Waals surface area (Å²) in [5.41, 5.74) is 2.16. The molecule has 2 amide bonds. The normalized spacial score (nSPS) is 18.4. The van der Waals surface area contributed by atoms with Crippen molar-refractivity contribution in [1.29, 1.82) is 0 Å². The summed E-state index contributed by atoms with van der Waals surface area (Å²) in [7, 11) is -3.54. The van der Waals surface area contributed by atoms with Crippen molar-refractivity contribution in [3.63, 3.8) is 0 Å². The number of hydrogen-bond donors (Lipinski definition) is 1. The Balaban J connectivity index is 1.36. The number of benzene rings is 2. The van der Waals surface area contributed by atoms with Crippen molar-refractivity contribution in [2.45, 2.75) is 25.7 Å². The Labute approximate surface area is 188 Å². The molecule has 1 N–H and O–H groups in total. The van der Waals surface area contributed by atoms with Gasteiger partial charge < -0.3 is 10.2 Å². The zero-order valence-corrected chi connectivity index (χ0v) is 18.6. The van der Waals surface area contributed by atoms with Crippen LogP contribution in [0, 0.1) is 5.92 Å². The SMILES string of the molecule is O=C(Nc1ccccc1N1CCCC1=O)C1CCN(S(=O)(=O)C=Cc2ccccc2)CC1. The maximum atomic E-state index is 12.9. The molecule has 2 heterocycles. The van der Waals surface area contributed by atoms with E-state index in [1.807, 2.05) is 48.5 Å². The monoisotopic (exact) mass is 453 g/mol. The van der Waals surface area contributed by atoms with Crippen molar-refractivity contribution < 1.29 is 18.0 Å². The maximum Gasteiger partial charge on any atom is 0.236 e. The summed E-state index contributed by atoms with van der Waals surface area (Å²) in [6, 6.07) is 16.6. The van der Waals surface area contributed by atoms with Gasteiger partial charge in [0, 0.05) is 37.4 Å². The van der Waals surface area contributed by atoms with Crippen LogP contribution in [0.5, 0.6) is 0 Å². The lowest BCUT2D eigenvalue weighted by molar-refractivity contribution is -0.121. The Morgan fingerprint density at radius 2 is 1.66 bits per heavy atom. The lowest BCUT2D eigenvalue weighted by Gasteiger charge is -2.30. The molecule has 0 bridgehead atoms. The molecule has 0 atom stereocenters. The minimum absolute atomic E-state index is 0.0637. The number of nitrogens with zero attached hydrogens (tertiary/aromatic N) is 2. The third-order valence-electron chi connectivity index (χ3n) is 5.94. The molecule has 0 unspecified atom stereocenters. The third kappa shape index (κ3) is 5.08. The second-order valence-corrected chi connectivity index (χ2v) is 9.91. The van der Waals surface area contributed by atoms with Crippen LogP contribution in [-0.2, 0) is 19.6 Å². The fourth-order valence-electron chi connectivity index (χ4n) is 4.14. The van der Waals surface area contributed by atoms with Gasteiger partial charge in [0.25, 0.3) is 0 Å². The minimum Gasteiger partial charge on any atom is -0.324 e. The van der Waals surface area contributed by atoms with Gasteiger partial charge in [0.05, 0.1) is 11.4 Å². The highest BCUT2D eigenvalue weighted by Gasteiger charge is 2.31. The number of piperidine rings is 1. The number of anilines is 2. The van der Waals surface area contributed by atoms with Crippen LogP contribution in [0.2, 0.25) is 0 Å². The second kappa shape index (κ2) is 9.67. The minimum atomic E-state index is -3.54. The molecule has 2 saturated heterocycles. The molecular formula is C24H27N3O4S. The lowest BCUT2D eigenvalue weighted by atomic mass is 9.97. The zero-order valence-electron chi connectivity index (χ0n) is 17.8. The molecule has 0 radical (unpaired) electrons. The van der Waals surface area contributed by atoms with Crippen LogP contribution in [0.15, 0.2) is 60.0 Å². The quantitative estimate of drug-likeness (QED) is 0.726. The summed E-state index contributed by atoms with van der Waals surface area (Å²) in [4.78, 5) is 26.7. The number of amides is 2. The Morgan fingerprint density at radius 3 is 2.34 bits per heavy atom. The smallest absolute Gasteiger partial charge is 0.236 e. The molecule has 4 rings (SSSR count). The second-order valence-electron chi connectivity index (χ2n) is 8.09. The van der Waals surface area contributed by atoms with Crippen LogP contribution in [-0.4, -0.2) is 44.2 Å². The summed E-state index contributed by atoms with van der Waals surface area (Å²) in [6.45, 7) is 1.25. The number of hydrogen-bond acceptors (Lipinski definition) is 4. The summed E-state index contributed by atoms with van der Waals surface area (Å²) in [5.74, 6) is -0.350. The lowest BCUT2D eigenvalue weighted by Crippen LogP contribution is -2.40. The van der Waals surface area contributed by atoms with Crippen molar-refractivity contribution in [2.75, 3.05) is 29.9 Å². The van der Waals surface area contributed by atoms with Crippen molar-refractivity contribution >= 4 is 39.3 Å². The van der Waals surface area contributed by atoms with E-state index < -0.39 is 10.0 Å². The van der Waals surface area contributed by atoms with Gasteiger partial charge in [-0.15, -0.1) is 0 Å². The predicted octanol–water partition coefficient (Wildman–Crippen LogP) is 3.46. The van der Waals surface area contributed by atoms with Gasteiger partial charge in [0.2, 0.25) is 21.8 Å². The summed E-state index contributed by atoms with van der Waals surface area (Å²) < 4.78 is 26.7. The van der Waals surface area contributed by atoms with Gasteiger partial charge in [0.15, 0.2) is 0 Å². The molecule has 2 aromatic carbocycles. The van der Waals surface area contributed by atoms with E-state index in [0.717, 1.165) is 17.7 Å².